The molecule has 3 rings (SSSR count). The van der Waals surface area contributed by atoms with Crippen LogP contribution < -0.4 is 10.1 Å². The largest absolute Gasteiger partial charge is 0.497 e. The van der Waals surface area contributed by atoms with Crippen molar-refractivity contribution in [1.29, 1.82) is 0 Å². The maximum absolute atomic E-state index is 12.5. The van der Waals surface area contributed by atoms with Gasteiger partial charge in [0.2, 0.25) is 5.95 Å². The Morgan fingerprint density at radius 3 is 2.78 bits per heavy atom. The third-order valence-corrected chi connectivity index (χ3v) is 3.77. The fourth-order valence-corrected chi connectivity index (χ4v) is 2.41. The van der Waals surface area contributed by atoms with Gasteiger partial charge in [-0.1, -0.05) is 13.8 Å². The molecule has 0 bridgehead atoms. The summed E-state index contributed by atoms with van der Waals surface area (Å²) in [6, 6.07) is 5.65. The number of rotatable bonds is 4. The number of benzene rings is 1. The molecule has 2 aromatic heterocycles. The Labute approximate surface area is 133 Å². The van der Waals surface area contributed by atoms with E-state index in [2.05, 4.69) is 25.5 Å². The molecule has 3 aromatic rings. The summed E-state index contributed by atoms with van der Waals surface area (Å²) in [5.41, 5.74) is 2.23. The summed E-state index contributed by atoms with van der Waals surface area (Å²) < 4.78 is 5.23. The van der Waals surface area contributed by atoms with Gasteiger partial charge >= 0.3 is 0 Å². The molecule has 0 saturated carbocycles. The van der Waals surface area contributed by atoms with Gasteiger partial charge in [-0.05, 0) is 30.7 Å². The third kappa shape index (κ3) is 2.77. The van der Waals surface area contributed by atoms with Gasteiger partial charge in [0.15, 0.2) is 0 Å². The standard InChI is InChI=1S/C16H19N5O2/c1-8(2)14-18-16(21-20-14)19-15(22)13-9(3)11-7-10(23-4)5-6-12(11)17-13/h5-8,17H,1-4H3,(H2,18,19,20,21,22). The Morgan fingerprint density at radius 2 is 2.13 bits per heavy atom. The number of fused-ring (bicyclic) bond motifs is 1. The molecular weight excluding hydrogens is 294 g/mol. The van der Waals surface area contributed by atoms with Crippen molar-refractivity contribution < 1.29 is 9.53 Å². The van der Waals surface area contributed by atoms with E-state index in [9.17, 15) is 4.79 Å². The lowest BCUT2D eigenvalue weighted by Crippen LogP contribution is -2.14. The lowest BCUT2D eigenvalue weighted by molar-refractivity contribution is 0.102. The number of nitrogens with one attached hydrogen (secondary N) is 3. The Balaban J connectivity index is 1.89. The minimum Gasteiger partial charge on any atom is -0.497 e. The number of carbonyl (C=O) groups is 1. The Kier molecular flexibility index (Phi) is 3.77. The average molecular weight is 313 g/mol. The van der Waals surface area contributed by atoms with E-state index in [0.29, 0.717) is 5.69 Å². The monoisotopic (exact) mass is 313 g/mol. The quantitative estimate of drug-likeness (QED) is 0.690. The molecule has 0 saturated heterocycles. The van der Waals surface area contributed by atoms with Gasteiger partial charge in [-0.15, -0.1) is 5.10 Å². The van der Waals surface area contributed by atoms with Crippen LogP contribution in [-0.2, 0) is 0 Å². The predicted molar refractivity (Wildman–Crippen MR) is 88.0 cm³/mol. The number of ether oxygens (including phenoxy) is 1. The van der Waals surface area contributed by atoms with Crippen LogP contribution in [-0.4, -0.2) is 33.2 Å². The zero-order valence-electron chi connectivity index (χ0n) is 13.5. The predicted octanol–water partition coefficient (Wildman–Crippen LogP) is 2.98. The minimum absolute atomic E-state index is 0.218. The fourth-order valence-electron chi connectivity index (χ4n) is 2.41. The van der Waals surface area contributed by atoms with Crippen LogP contribution in [0.15, 0.2) is 18.2 Å². The number of hydrogen-bond acceptors (Lipinski definition) is 4. The molecule has 2 heterocycles. The number of aryl methyl sites for hydroxylation is 1. The molecule has 7 nitrogen and oxygen atoms in total. The molecular formula is C16H19N5O2. The Hall–Kier alpha value is -2.83. The molecule has 1 amide bonds. The molecule has 1 aromatic carbocycles. The van der Waals surface area contributed by atoms with Gasteiger partial charge in [-0.25, -0.2) is 0 Å². The number of amides is 1. The molecule has 0 aliphatic heterocycles. The summed E-state index contributed by atoms with van der Waals surface area (Å²) in [7, 11) is 1.62. The van der Waals surface area contributed by atoms with Crippen molar-refractivity contribution in [2.24, 2.45) is 0 Å². The van der Waals surface area contributed by atoms with Crippen LogP contribution in [0.4, 0.5) is 5.95 Å². The first-order valence-electron chi connectivity index (χ1n) is 7.39. The zero-order chi connectivity index (χ0) is 16.6. The van der Waals surface area contributed by atoms with E-state index in [0.717, 1.165) is 28.0 Å². The van der Waals surface area contributed by atoms with E-state index in [-0.39, 0.29) is 17.8 Å². The van der Waals surface area contributed by atoms with Gasteiger partial charge in [-0.2, -0.15) is 4.98 Å². The summed E-state index contributed by atoms with van der Waals surface area (Å²) in [5, 5.41) is 10.5. The lowest BCUT2D eigenvalue weighted by Gasteiger charge is -2.00. The van der Waals surface area contributed by atoms with Crippen molar-refractivity contribution in [2.75, 3.05) is 12.4 Å². The van der Waals surface area contributed by atoms with Crippen molar-refractivity contribution in [1.82, 2.24) is 20.2 Å². The smallest absolute Gasteiger partial charge is 0.274 e. The number of aromatic nitrogens is 4. The molecule has 7 heteroatoms. The molecule has 23 heavy (non-hydrogen) atoms. The van der Waals surface area contributed by atoms with Crippen molar-refractivity contribution in [3.63, 3.8) is 0 Å². The summed E-state index contributed by atoms with van der Waals surface area (Å²) in [6.45, 7) is 5.90. The van der Waals surface area contributed by atoms with E-state index in [1.807, 2.05) is 39.0 Å². The summed E-state index contributed by atoms with van der Waals surface area (Å²) in [6.07, 6.45) is 0. The maximum Gasteiger partial charge on any atom is 0.274 e. The zero-order valence-corrected chi connectivity index (χ0v) is 13.5. The first-order valence-corrected chi connectivity index (χ1v) is 7.39. The van der Waals surface area contributed by atoms with Crippen molar-refractivity contribution in [2.45, 2.75) is 26.7 Å². The van der Waals surface area contributed by atoms with Crippen LogP contribution in [0.3, 0.4) is 0 Å². The summed E-state index contributed by atoms with van der Waals surface area (Å²) in [5.74, 6) is 1.71. The number of hydrogen-bond donors (Lipinski definition) is 3. The van der Waals surface area contributed by atoms with Crippen LogP contribution in [0.25, 0.3) is 10.9 Å². The Morgan fingerprint density at radius 1 is 1.35 bits per heavy atom. The molecule has 0 aliphatic rings. The van der Waals surface area contributed by atoms with Crippen molar-refractivity contribution in [3.05, 3.63) is 35.3 Å². The van der Waals surface area contributed by atoms with E-state index < -0.39 is 0 Å². The number of H-pyrrole nitrogens is 2. The number of anilines is 1. The number of aromatic amines is 2. The first-order chi connectivity index (χ1) is 11.0. The molecule has 0 spiro atoms. The van der Waals surface area contributed by atoms with Gasteiger partial charge < -0.3 is 9.72 Å². The fraction of sp³-hybridized carbons (Fsp3) is 0.312. The second-order valence-electron chi connectivity index (χ2n) is 5.69. The normalized spacial score (nSPS) is 11.2. The van der Waals surface area contributed by atoms with Crippen molar-refractivity contribution in [3.8, 4) is 5.75 Å². The second-order valence-corrected chi connectivity index (χ2v) is 5.69. The first kappa shape index (κ1) is 15.1. The topological polar surface area (TPSA) is 95.7 Å². The van der Waals surface area contributed by atoms with Gasteiger partial charge in [-0.3, -0.25) is 15.2 Å². The van der Waals surface area contributed by atoms with E-state index in [4.69, 9.17) is 4.74 Å². The second kappa shape index (κ2) is 5.75. The van der Waals surface area contributed by atoms with E-state index in [1.165, 1.54) is 0 Å². The van der Waals surface area contributed by atoms with Crippen LogP contribution in [0.5, 0.6) is 5.75 Å². The number of carbonyl (C=O) groups excluding carboxylic acids is 1. The van der Waals surface area contributed by atoms with Crippen LogP contribution >= 0.6 is 0 Å². The summed E-state index contributed by atoms with van der Waals surface area (Å²) >= 11 is 0. The number of methoxy groups -OCH3 is 1. The molecule has 0 radical (unpaired) electrons. The van der Waals surface area contributed by atoms with Gasteiger partial charge in [0.05, 0.1) is 7.11 Å². The van der Waals surface area contributed by atoms with Crippen LogP contribution in [0, 0.1) is 6.92 Å². The highest BCUT2D eigenvalue weighted by atomic mass is 16.5. The highest BCUT2D eigenvalue weighted by Crippen LogP contribution is 2.26. The van der Waals surface area contributed by atoms with Crippen molar-refractivity contribution >= 4 is 22.8 Å². The highest BCUT2D eigenvalue weighted by molar-refractivity contribution is 6.07. The Bertz CT molecular complexity index is 863. The van der Waals surface area contributed by atoms with Gasteiger partial charge in [0.25, 0.3) is 5.91 Å². The molecule has 120 valence electrons. The van der Waals surface area contributed by atoms with Gasteiger partial charge in [0.1, 0.15) is 17.3 Å². The van der Waals surface area contributed by atoms with E-state index in [1.54, 1.807) is 7.11 Å². The lowest BCUT2D eigenvalue weighted by atomic mass is 10.1. The molecule has 0 aliphatic carbocycles. The highest BCUT2D eigenvalue weighted by Gasteiger charge is 2.17. The molecule has 3 N–H and O–H groups in total. The van der Waals surface area contributed by atoms with Crippen LogP contribution in [0.1, 0.15) is 41.6 Å². The molecule has 0 unspecified atom stereocenters. The summed E-state index contributed by atoms with van der Waals surface area (Å²) in [4.78, 5) is 19.9. The third-order valence-electron chi connectivity index (χ3n) is 3.77. The number of nitrogens with zero attached hydrogens (tertiary/aromatic N) is 2. The molecule has 0 atom stereocenters. The van der Waals surface area contributed by atoms with E-state index >= 15 is 0 Å². The van der Waals surface area contributed by atoms with Crippen LogP contribution in [0.2, 0.25) is 0 Å². The SMILES string of the molecule is COc1ccc2[nH]c(C(=O)Nc3n[nH]c(C(C)C)n3)c(C)c2c1. The average Bonchev–Trinajstić information content (AvgIpc) is 3.12. The van der Waals surface area contributed by atoms with Gasteiger partial charge in [0, 0.05) is 16.8 Å². The molecule has 0 fully saturated rings. The minimum atomic E-state index is -0.271. The maximum atomic E-state index is 12.5.